The van der Waals surface area contributed by atoms with Gasteiger partial charge in [0, 0.05) is 11.5 Å². The Morgan fingerprint density at radius 2 is 1.88 bits per heavy atom. The number of aromatic hydroxyl groups is 1. The molecule has 0 bridgehead atoms. The number of hydrogen-bond acceptors (Lipinski definition) is 3. The van der Waals surface area contributed by atoms with Crippen LogP contribution in [0, 0.1) is 5.92 Å². The van der Waals surface area contributed by atoms with Crippen molar-refractivity contribution in [1.82, 2.24) is 0 Å². The second kappa shape index (κ2) is 10.3. The van der Waals surface area contributed by atoms with E-state index in [1.807, 2.05) is 55.5 Å². The van der Waals surface area contributed by atoms with Crippen LogP contribution < -0.4 is 4.74 Å². The van der Waals surface area contributed by atoms with Gasteiger partial charge in [-0.2, -0.15) is 0 Å². The second-order valence-electron chi connectivity index (χ2n) is 9.61. The zero-order chi connectivity index (χ0) is 24.2. The zero-order valence-corrected chi connectivity index (χ0v) is 20.4. The Balaban J connectivity index is 1.76. The molecule has 0 heterocycles. The van der Waals surface area contributed by atoms with Crippen molar-refractivity contribution in [2.24, 2.45) is 5.92 Å². The quantitative estimate of drug-likeness (QED) is 0.223. The SMILES string of the molecule is C=C(C)[C@@H]1CCC(C)=C[C@H]1c1c(O)cc(CCCC)cc1OC(=O)c1ccc2ccccc2c1. The third-order valence-electron chi connectivity index (χ3n) is 6.90. The predicted octanol–water partition coefficient (Wildman–Crippen LogP) is 8.12. The summed E-state index contributed by atoms with van der Waals surface area (Å²) in [5, 5.41) is 13.2. The van der Waals surface area contributed by atoms with Crippen molar-refractivity contribution in [3.63, 3.8) is 0 Å². The Labute approximate surface area is 202 Å². The molecule has 0 amide bonds. The summed E-state index contributed by atoms with van der Waals surface area (Å²) in [6.07, 6.45) is 7.07. The molecule has 3 heteroatoms. The first-order valence-corrected chi connectivity index (χ1v) is 12.3. The predicted molar refractivity (Wildman–Crippen MR) is 140 cm³/mol. The summed E-state index contributed by atoms with van der Waals surface area (Å²) in [6, 6.07) is 17.3. The summed E-state index contributed by atoms with van der Waals surface area (Å²) in [6.45, 7) is 10.5. The van der Waals surface area contributed by atoms with Gasteiger partial charge in [-0.15, -0.1) is 0 Å². The van der Waals surface area contributed by atoms with E-state index < -0.39 is 5.97 Å². The number of benzene rings is 3. The van der Waals surface area contributed by atoms with E-state index in [0.717, 1.165) is 54.0 Å². The number of allylic oxidation sites excluding steroid dienone is 3. The molecule has 1 aliphatic rings. The van der Waals surface area contributed by atoms with Crippen molar-refractivity contribution >= 4 is 16.7 Å². The highest BCUT2D eigenvalue weighted by molar-refractivity contribution is 5.96. The van der Waals surface area contributed by atoms with Gasteiger partial charge in [0.05, 0.1) is 5.56 Å². The lowest BCUT2D eigenvalue weighted by molar-refractivity contribution is 0.0732. The van der Waals surface area contributed by atoms with Gasteiger partial charge in [-0.3, -0.25) is 0 Å². The molecule has 3 aromatic rings. The van der Waals surface area contributed by atoms with Crippen LogP contribution in [0.1, 0.15) is 73.9 Å². The highest BCUT2D eigenvalue weighted by Gasteiger charge is 2.31. The fourth-order valence-electron chi connectivity index (χ4n) is 4.99. The van der Waals surface area contributed by atoms with Gasteiger partial charge in [-0.1, -0.05) is 67.5 Å². The van der Waals surface area contributed by atoms with Crippen molar-refractivity contribution in [2.45, 2.75) is 58.8 Å². The second-order valence-corrected chi connectivity index (χ2v) is 9.61. The van der Waals surface area contributed by atoms with Crippen LogP contribution in [0.15, 0.2) is 78.4 Å². The van der Waals surface area contributed by atoms with Gasteiger partial charge in [-0.05, 0) is 86.1 Å². The topological polar surface area (TPSA) is 46.5 Å². The molecule has 0 fully saturated rings. The van der Waals surface area contributed by atoms with E-state index in [1.54, 1.807) is 6.07 Å². The maximum atomic E-state index is 13.3. The number of phenolic OH excluding ortho intramolecular Hbond substituents is 1. The first-order chi connectivity index (χ1) is 16.4. The van der Waals surface area contributed by atoms with Gasteiger partial charge in [0.1, 0.15) is 11.5 Å². The lowest BCUT2D eigenvalue weighted by Gasteiger charge is -2.32. The number of aryl methyl sites for hydroxylation is 1. The van der Waals surface area contributed by atoms with Crippen LogP contribution in [0.4, 0.5) is 0 Å². The first-order valence-electron chi connectivity index (χ1n) is 12.3. The third kappa shape index (κ3) is 5.09. The van der Waals surface area contributed by atoms with Gasteiger partial charge >= 0.3 is 5.97 Å². The number of fused-ring (bicyclic) bond motifs is 1. The largest absolute Gasteiger partial charge is 0.507 e. The summed E-state index contributed by atoms with van der Waals surface area (Å²) in [7, 11) is 0. The van der Waals surface area contributed by atoms with E-state index >= 15 is 0 Å². The lowest BCUT2D eigenvalue weighted by atomic mass is 9.73. The average molecular weight is 455 g/mol. The molecule has 0 saturated heterocycles. The lowest BCUT2D eigenvalue weighted by Crippen LogP contribution is -2.19. The minimum absolute atomic E-state index is 0.0779. The van der Waals surface area contributed by atoms with E-state index in [0.29, 0.717) is 16.9 Å². The minimum atomic E-state index is -0.414. The monoisotopic (exact) mass is 454 g/mol. The van der Waals surface area contributed by atoms with Gasteiger partial charge in [0.2, 0.25) is 0 Å². The minimum Gasteiger partial charge on any atom is -0.507 e. The summed E-state index contributed by atoms with van der Waals surface area (Å²) >= 11 is 0. The van der Waals surface area contributed by atoms with E-state index in [2.05, 4.69) is 26.5 Å². The van der Waals surface area contributed by atoms with E-state index in [9.17, 15) is 9.90 Å². The Bertz CT molecular complexity index is 1250. The Kier molecular flexibility index (Phi) is 7.21. The molecule has 3 aromatic carbocycles. The highest BCUT2D eigenvalue weighted by atomic mass is 16.5. The van der Waals surface area contributed by atoms with Crippen LogP contribution in [0.25, 0.3) is 10.8 Å². The van der Waals surface area contributed by atoms with Crippen molar-refractivity contribution in [3.8, 4) is 11.5 Å². The standard InChI is InChI=1S/C31H34O3/c1-5-6-9-22-17-28(32)30(27-16-21(4)12-15-26(27)20(2)3)29(18-22)34-31(33)25-14-13-23-10-7-8-11-24(23)19-25/h7-8,10-11,13-14,16-19,26-27,32H,2,5-6,9,12,15H2,1,3-4H3/t26-,27+/m0/s1. The molecule has 0 aliphatic heterocycles. The van der Waals surface area contributed by atoms with Gasteiger partial charge < -0.3 is 9.84 Å². The highest BCUT2D eigenvalue weighted by Crippen LogP contribution is 2.47. The Hall–Kier alpha value is -3.33. The molecule has 0 aromatic heterocycles. The van der Waals surface area contributed by atoms with E-state index in [-0.39, 0.29) is 17.6 Å². The van der Waals surface area contributed by atoms with E-state index in [4.69, 9.17) is 4.74 Å². The molecule has 1 aliphatic carbocycles. The van der Waals surface area contributed by atoms with Crippen LogP contribution in [-0.4, -0.2) is 11.1 Å². The number of phenols is 1. The molecule has 0 saturated carbocycles. The molecule has 176 valence electrons. The number of unbranched alkanes of at least 4 members (excludes halogenated alkanes) is 1. The fourth-order valence-corrected chi connectivity index (χ4v) is 4.99. The summed E-state index contributed by atoms with van der Waals surface area (Å²) in [5.41, 5.74) is 4.52. The van der Waals surface area contributed by atoms with Crippen molar-refractivity contribution < 1.29 is 14.6 Å². The van der Waals surface area contributed by atoms with Crippen molar-refractivity contribution in [1.29, 1.82) is 0 Å². The Morgan fingerprint density at radius 3 is 2.62 bits per heavy atom. The van der Waals surface area contributed by atoms with E-state index in [1.165, 1.54) is 5.57 Å². The molecule has 3 nitrogen and oxygen atoms in total. The van der Waals surface area contributed by atoms with Crippen LogP contribution in [0.5, 0.6) is 11.5 Å². The summed E-state index contributed by atoms with van der Waals surface area (Å²) < 4.78 is 6.04. The molecule has 4 rings (SSSR count). The van der Waals surface area contributed by atoms with Crippen LogP contribution in [-0.2, 0) is 6.42 Å². The van der Waals surface area contributed by atoms with Gasteiger partial charge in [0.25, 0.3) is 0 Å². The number of esters is 1. The molecule has 0 unspecified atom stereocenters. The maximum absolute atomic E-state index is 13.3. The molecule has 0 spiro atoms. The smallest absolute Gasteiger partial charge is 0.343 e. The van der Waals surface area contributed by atoms with Crippen molar-refractivity contribution in [3.05, 3.63) is 95.1 Å². The molecule has 2 atom stereocenters. The normalized spacial score (nSPS) is 17.9. The first kappa shape index (κ1) is 23.8. The van der Waals surface area contributed by atoms with Crippen molar-refractivity contribution in [2.75, 3.05) is 0 Å². The zero-order valence-electron chi connectivity index (χ0n) is 20.4. The molecular weight excluding hydrogens is 420 g/mol. The number of carbonyl (C=O) groups excluding carboxylic acids is 1. The maximum Gasteiger partial charge on any atom is 0.343 e. The van der Waals surface area contributed by atoms with Crippen LogP contribution in [0.3, 0.4) is 0 Å². The average Bonchev–Trinajstić information content (AvgIpc) is 2.82. The Morgan fingerprint density at radius 1 is 1.12 bits per heavy atom. The van der Waals surface area contributed by atoms with Crippen LogP contribution in [0.2, 0.25) is 0 Å². The number of rotatable bonds is 7. The molecular formula is C31H34O3. The molecule has 1 N–H and O–H groups in total. The number of ether oxygens (including phenoxy) is 1. The van der Waals surface area contributed by atoms with Gasteiger partial charge in [0.15, 0.2) is 0 Å². The summed E-state index contributed by atoms with van der Waals surface area (Å²) in [5.74, 6) is 0.339. The third-order valence-corrected chi connectivity index (χ3v) is 6.90. The molecule has 34 heavy (non-hydrogen) atoms. The van der Waals surface area contributed by atoms with Crippen LogP contribution >= 0.6 is 0 Å². The molecule has 0 radical (unpaired) electrons. The number of carbonyl (C=O) groups is 1. The fraction of sp³-hybridized carbons (Fsp3) is 0.323. The summed E-state index contributed by atoms with van der Waals surface area (Å²) in [4.78, 5) is 13.3. The number of hydrogen-bond donors (Lipinski definition) is 1. The van der Waals surface area contributed by atoms with Gasteiger partial charge in [-0.25, -0.2) is 4.79 Å².